The SMILES string of the molecule is C=C[C@H]1C[C@@]1(C(=O)O)C(=O)OC. The van der Waals surface area contributed by atoms with Gasteiger partial charge in [0.05, 0.1) is 7.11 Å². The normalized spacial score (nSPS) is 32.2. The van der Waals surface area contributed by atoms with Crippen LogP contribution in [0.2, 0.25) is 0 Å². The Kier molecular flexibility index (Phi) is 1.92. The number of carboxylic acids is 1. The third kappa shape index (κ3) is 0.913. The van der Waals surface area contributed by atoms with Crippen molar-refractivity contribution in [1.82, 2.24) is 0 Å². The van der Waals surface area contributed by atoms with E-state index >= 15 is 0 Å². The molecule has 0 aromatic carbocycles. The van der Waals surface area contributed by atoms with Gasteiger partial charge in [-0.3, -0.25) is 9.59 Å². The number of ether oxygens (including phenoxy) is 1. The maximum atomic E-state index is 11.1. The summed E-state index contributed by atoms with van der Waals surface area (Å²) in [4.78, 5) is 21.8. The van der Waals surface area contributed by atoms with Crippen LogP contribution in [0, 0.1) is 11.3 Å². The number of esters is 1. The summed E-state index contributed by atoms with van der Waals surface area (Å²) in [6.45, 7) is 3.45. The number of hydrogen-bond donors (Lipinski definition) is 1. The van der Waals surface area contributed by atoms with Crippen LogP contribution in [0.3, 0.4) is 0 Å². The molecule has 1 saturated carbocycles. The van der Waals surface area contributed by atoms with E-state index in [1.165, 1.54) is 13.2 Å². The van der Waals surface area contributed by atoms with Crippen molar-refractivity contribution in [2.75, 3.05) is 7.11 Å². The predicted molar refractivity (Wildman–Crippen MR) is 40.4 cm³/mol. The largest absolute Gasteiger partial charge is 0.480 e. The van der Waals surface area contributed by atoms with Gasteiger partial charge in [-0.15, -0.1) is 6.58 Å². The summed E-state index contributed by atoms with van der Waals surface area (Å²) in [6, 6.07) is 0. The zero-order valence-corrected chi connectivity index (χ0v) is 6.74. The molecule has 1 rings (SSSR count). The lowest BCUT2D eigenvalue weighted by Gasteiger charge is -2.06. The first-order valence-corrected chi connectivity index (χ1v) is 3.54. The molecule has 1 aliphatic carbocycles. The molecule has 0 heterocycles. The van der Waals surface area contributed by atoms with E-state index in [1.54, 1.807) is 0 Å². The second kappa shape index (κ2) is 2.62. The van der Waals surface area contributed by atoms with Crippen molar-refractivity contribution in [3.8, 4) is 0 Å². The molecule has 1 fully saturated rings. The monoisotopic (exact) mass is 170 g/mol. The van der Waals surface area contributed by atoms with E-state index in [1.807, 2.05) is 0 Å². The van der Waals surface area contributed by atoms with Gasteiger partial charge in [-0.05, 0) is 6.42 Å². The van der Waals surface area contributed by atoms with E-state index in [0.29, 0.717) is 6.42 Å². The molecule has 66 valence electrons. The van der Waals surface area contributed by atoms with Gasteiger partial charge in [-0.25, -0.2) is 0 Å². The summed E-state index contributed by atoms with van der Waals surface area (Å²) >= 11 is 0. The highest BCUT2D eigenvalue weighted by Gasteiger charge is 2.66. The molecule has 1 N–H and O–H groups in total. The minimum atomic E-state index is -1.34. The van der Waals surface area contributed by atoms with E-state index in [4.69, 9.17) is 5.11 Å². The van der Waals surface area contributed by atoms with Crippen molar-refractivity contribution in [3.63, 3.8) is 0 Å². The van der Waals surface area contributed by atoms with Gasteiger partial charge in [0, 0.05) is 5.92 Å². The second-order valence-corrected chi connectivity index (χ2v) is 2.81. The lowest BCUT2D eigenvalue weighted by molar-refractivity contribution is -0.159. The van der Waals surface area contributed by atoms with Gasteiger partial charge in [-0.1, -0.05) is 6.08 Å². The fourth-order valence-corrected chi connectivity index (χ4v) is 1.32. The van der Waals surface area contributed by atoms with Crippen molar-refractivity contribution in [2.24, 2.45) is 11.3 Å². The van der Waals surface area contributed by atoms with Crippen LogP contribution in [0.5, 0.6) is 0 Å². The van der Waals surface area contributed by atoms with Crippen molar-refractivity contribution < 1.29 is 19.4 Å². The minimum Gasteiger partial charge on any atom is -0.480 e. The van der Waals surface area contributed by atoms with Crippen LogP contribution in [0.1, 0.15) is 6.42 Å². The lowest BCUT2D eigenvalue weighted by Crippen LogP contribution is -2.28. The molecule has 0 aromatic rings. The lowest BCUT2D eigenvalue weighted by atomic mass is 10.1. The van der Waals surface area contributed by atoms with Gasteiger partial charge in [-0.2, -0.15) is 0 Å². The molecule has 0 bridgehead atoms. The molecule has 0 aliphatic heterocycles. The van der Waals surface area contributed by atoms with Crippen molar-refractivity contribution >= 4 is 11.9 Å². The highest BCUT2D eigenvalue weighted by Crippen LogP contribution is 2.54. The number of carbonyl (C=O) groups excluding carboxylic acids is 1. The van der Waals surface area contributed by atoms with Crippen molar-refractivity contribution in [3.05, 3.63) is 12.7 Å². The van der Waals surface area contributed by atoms with Gasteiger partial charge in [0.2, 0.25) is 0 Å². The van der Waals surface area contributed by atoms with Gasteiger partial charge in [0.25, 0.3) is 0 Å². The Hall–Kier alpha value is -1.32. The molecule has 0 radical (unpaired) electrons. The number of rotatable bonds is 3. The summed E-state index contributed by atoms with van der Waals surface area (Å²) in [5, 5.41) is 8.76. The molecule has 4 heteroatoms. The van der Waals surface area contributed by atoms with Crippen LogP contribution in [-0.4, -0.2) is 24.2 Å². The smallest absolute Gasteiger partial charge is 0.323 e. The molecule has 0 unspecified atom stereocenters. The molecule has 0 saturated heterocycles. The molecule has 1 aliphatic rings. The quantitative estimate of drug-likeness (QED) is 0.379. The Morgan fingerprint density at radius 2 is 2.33 bits per heavy atom. The zero-order chi connectivity index (χ0) is 9.35. The maximum Gasteiger partial charge on any atom is 0.323 e. The highest BCUT2D eigenvalue weighted by molar-refractivity contribution is 6.03. The summed E-state index contributed by atoms with van der Waals surface area (Å²) in [5.41, 5.74) is -1.34. The topological polar surface area (TPSA) is 63.6 Å². The van der Waals surface area contributed by atoms with E-state index in [0.717, 1.165) is 0 Å². The number of hydrogen-bond acceptors (Lipinski definition) is 3. The molecule has 0 amide bonds. The van der Waals surface area contributed by atoms with Gasteiger partial charge in [0.1, 0.15) is 0 Å². The third-order valence-electron chi connectivity index (χ3n) is 2.23. The summed E-state index contributed by atoms with van der Waals surface area (Å²) in [5.74, 6) is -2.08. The predicted octanol–water partition coefficient (Wildman–Crippen LogP) is 0.436. The van der Waals surface area contributed by atoms with E-state index in [9.17, 15) is 9.59 Å². The summed E-state index contributed by atoms with van der Waals surface area (Å²) < 4.78 is 4.40. The number of methoxy groups -OCH3 is 1. The van der Waals surface area contributed by atoms with Gasteiger partial charge >= 0.3 is 11.9 Å². The molecular weight excluding hydrogens is 160 g/mol. The number of carboxylic acid groups (broad SMARTS) is 1. The molecule has 12 heavy (non-hydrogen) atoms. The molecule has 4 nitrogen and oxygen atoms in total. The average molecular weight is 170 g/mol. The van der Waals surface area contributed by atoms with Crippen LogP contribution < -0.4 is 0 Å². The molecule has 0 aromatic heterocycles. The Morgan fingerprint density at radius 3 is 2.58 bits per heavy atom. The molecular formula is C8H10O4. The average Bonchev–Trinajstić information content (AvgIpc) is 2.78. The van der Waals surface area contributed by atoms with Crippen LogP contribution in [-0.2, 0) is 14.3 Å². The van der Waals surface area contributed by atoms with Crippen LogP contribution in [0.25, 0.3) is 0 Å². The number of allylic oxidation sites excluding steroid dienone is 1. The number of carbonyl (C=O) groups is 2. The first kappa shape index (κ1) is 8.77. The zero-order valence-electron chi connectivity index (χ0n) is 6.74. The fourth-order valence-electron chi connectivity index (χ4n) is 1.32. The molecule has 0 spiro atoms. The summed E-state index contributed by atoms with van der Waals surface area (Å²) in [7, 11) is 1.19. The number of aliphatic carboxylic acids is 1. The van der Waals surface area contributed by atoms with Crippen molar-refractivity contribution in [2.45, 2.75) is 6.42 Å². The standard InChI is InChI=1S/C8H10O4/c1-3-5-4-8(5,6(9)10)7(11)12-2/h3,5H,1,4H2,2H3,(H,9,10)/t5-,8+/m0/s1. The third-order valence-corrected chi connectivity index (χ3v) is 2.23. The van der Waals surface area contributed by atoms with Crippen LogP contribution >= 0.6 is 0 Å². The van der Waals surface area contributed by atoms with Gasteiger partial charge < -0.3 is 9.84 Å². The van der Waals surface area contributed by atoms with Gasteiger partial charge in [0.15, 0.2) is 5.41 Å². The molecule has 2 atom stereocenters. The van der Waals surface area contributed by atoms with Crippen LogP contribution in [0.15, 0.2) is 12.7 Å². The van der Waals surface area contributed by atoms with E-state index in [-0.39, 0.29) is 5.92 Å². The summed E-state index contributed by atoms with van der Waals surface area (Å²) in [6.07, 6.45) is 1.78. The van der Waals surface area contributed by atoms with E-state index < -0.39 is 17.4 Å². The first-order valence-electron chi connectivity index (χ1n) is 3.54. The Bertz CT molecular complexity index is 245. The Morgan fingerprint density at radius 1 is 1.75 bits per heavy atom. The Labute approximate surface area is 69.8 Å². The van der Waals surface area contributed by atoms with Crippen LogP contribution in [0.4, 0.5) is 0 Å². The maximum absolute atomic E-state index is 11.1. The Balaban J connectivity index is 2.85. The van der Waals surface area contributed by atoms with E-state index in [2.05, 4.69) is 11.3 Å². The second-order valence-electron chi connectivity index (χ2n) is 2.81. The fraction of sp³-hybridized carbons (Fsp3) is 0.500. The highest BCUT2D eigenvalue weighted by atomic mass is 16.5. The minimum absolute atomic E-state index is 0.276. The van der Waals surface area contributed by atoms with Crippen molar-refractivity contribution in [1.29, 1.82) is 0 Å². The first-order chi connectivity index (χ1) is 5.59.